The molecule has 0 radical (unpaired) electrons. The number of benzene rings is 2. The van der Waals surface area contributed by atoms with Crippen LogP contribution in [0.5, 0.6) is 23.0 Å². The van der Waals surface area contributed by atoms with Gasteiger partial charge in [-0.05, 0) is 47.7 Å². The van der Waals surface area contributed by atoms with Gasteiger partial charge >= 0.3 is 0 Å². The monoisotopic (exact) mass is 413 g/mol. The van der Waals surface area contributed by atoms with Crippen molar-refractivity contribution in [2.75, 3.05) is 41.5 Å². The number of rotatable bonds is 8. The Balaban J connectivity index is 1.81. The molecule has 0 saturated carbocycles. The Labute approximate surface area is 173 Å². The summed E-state index contributed by atoms with van der Waals surface area (Å²) in [5.74, 6) is 2.37. The van der Waals surface area contributed by atoms with Crippen molar-refractivity contribution in [3.8, 4) is 34.3 Å². The van der Waals surface area contributed by atoms with Crippen LogP contribution in [0.25, 0.3) is 22.0 Å². The SMILES string of the molecule is COCOCCc1cc2c(cc1-c1cc3cc(OC)c(OC)cc3c(=O)[nH]1)OCO2. The van der Waals surface area contributed by atoms with Crippen LogP contribution in [0.1, 0.15) is 5.56 Å². The summed E-state index contributed by atoms with van der Waals surface area (Å²) in [6, 6.07) is 9.18. The predicted octanol–water partition coefficient (Wildman–Crippen LogP) is 3.10. The highest BCUT2D eigenvalue weighted by Crippen LogP contribution is 2.39. The van der Waals surface area contributed by atoms with Crippen molar-refractivity contribution in [1.29, 1.82) is 0 Å². The quantitative estimate of drug-likeness (QED) is 0.448. The molecule has 0 amide bonds. The average molecular weight is 413 g/mol. The molecule has 30 heavy (non-hydrogen) atoms. The standard InChI is InChI=1S/C22H23NO7/c1-25-11-28-5-4-13-7-20-21(30-12-29-20)9-15(13)17-6-14-8-18(26-2)19(27-3)10-16(14)22(24)23-17/h6-10H,4-5,11-12H2,1-3H3,(H,23,24). The van der Waals surface area contributed by atoms with Gasteiger partial charge in [0.25, 0.3) is 5.56 Å². The van der Waals surface area contributed by atoms with Gasteiger partial charge < -0.3 is 33.4 Å². The van der Waals surface area contributed by atoms with E-state index in [1.54, 1.807) is 26.4 Å². The van der Waals surface area contributed by atoms with Crippen LogP contribution in [-0.2, 0) is 15.9 Å². The number of nitrogens with one attached hydrogen (secondary N) is 1. The molecule has 4 rings (SSSR count). The number of ether oxygens (including phenoxy) is 6. The lowest BCUT2D eigenvalue weighted by Gasteiger charge is -2.13. The second-order valence-corrected chi connectivity index (χ2v) is 6.73. The van der Waals surface area contributed by atoms with E-state index in [0.29, 0.717) is 47.1 Å². The highest BCUT2D eigenvalue weighted by atomic mass is 16.7. The molecule has 0 fully saturated rings. The van der Waals surface area contributed by atoms with Crippen molar-refractivity contribution in [1.82, 2.24) is 4.98 Å². The third-order valence-electron chi connectivity index (χ3n) is 4.95. The van der Waals surface area contributed by atoms with Crippen LogP contribution >= 0.6 is 0 Å². The first-order valence-corrected chi connectivity index (χ1v) is 9.43. The highest BCUT2D eigenvalue weighted by molar-refractivity contribution is 5.88. The second-order valence-electron chi connectivity index (χ2n) is 6.73. The first-order chi connectivity index (χ1) is 14.6. The maximum atomic E-state index is 12.8. The normalized spacial score (nSPS) is 12.4. The third kappa shape index (κ3) is 3.79. The van der Waals surface area contributed by atoms with Crippen molar-refractivity contribution < 1.29 is 28.4 Å². The van der Waals surface area contributed by atoms with Crippen LogP contribution in [0.2, 0.25) is 0 Å². The minimum absolute atomic E-state index is 0.170. The number of hydrogen-bond acceptors (Lipinski definition) is 7. The van der Waals surface area contributed by atoms with Crippen LogP contribution in [0.15, 0.2) is 35.1 Å². The number of fused-ring (bicyclic) bond motifs is 2. The van der Waals surface area contributed by atoms with Crippen molar-refractivity contribution in [2.24, 2.45) is 0 Å². The summed E-state index contributed by atoms with van der Waals surface area (Å²) in [6.45, 7) is 0.848. The van der Waals surface area contributed by atoms with Gasteiger partial charge in [-0.2, -0.15) is 0 Å². The van der Waals surface area contributed by atoms with Gasteiger partial charge in [-0.1, -0.05) is 0 Å². The van der Waals surface area contributed by atoms with E-state index in [1.807, 2.05) is 18.2 Å². The Bertz CT molecular complexity index is 1120. The lowest BCUT2D eigenvalue weighted by Crippen LogP contribution is -2.09. The molecule has 0 saturated heterocycles. The Hall–Kier alpha value is -3.23. The summed E-state index contributed by atoms with van der Waals surface area (Å²) >= 11 is 0. The van der Waals surface area contributed by atoms with E-state index in [9.17, 15) is 4.79 Å². The van der Waals surface area contributed by atoms with E-state index in [2.05, 4.69) is 4.98 Å². The molecule has 8 nitrogen and oxygen atoms in total. The van der Waals surface area contributed by atoms with Crippen molar-refractivity contribution >= 4 is 10.8 Å². The maximum absolute atomic E-state index is 12.8. The first-order valence-electron chi connectivity index (χ1n) is 9.43. The van der Waals surface area contributed by atoms with Crippen molar-refractivity contribution in [3.63, 3.8) is 0 Å². The molecule has 0 spiro atoms. The molecule has 0 unspecified atom stereocenters. The third-order valence-corrected chi connectivity index (χ3v) is 4.95. The summed E-state index contributed by atoms with van der Waals surface area (Å²) in [7, 11) is 4.68. The van der Waals surface area contributed by atoms with Gasteiger partial charge in [-0.3, -0.25) is 4.79 Å². The van der Waals surface area contributed by atoms with E-state index in [-0.39, 0.29) is 19.1 Å². The topological polar surface area (TPSA) is 88.2 Å². The fourth-order valence-electron chi connectivity index (χ4n) is 3.50. The van der Waals surface area contributed by atoms with E-state index in [0.717, 1.165) is 16.5 Å². The van der Waals surface area contributed by atoms with Gasteiger partial charge in [0.2, 0.25) is 6.79 Å². The predicted molar refractivity (Wildman–Crippen MR) is 111 cm³/mol. The van der Waals surface area contributed by atoms with Crippen molar-refractivity contribution in [2.45, 2.75) is 6.42 Å². The molecule has 1 aromatic heterocycles. The number of pyridine rings is 1. The zero-order valence-corrected chi connectivity index (χ0v) is 17.1. The van der Waals surface area contributed by atoms with Crippen LogP contribution in [0.3, 0.4) is 0 Å². The van der Waals surface area contributed by atoms with Gasteiger partial charge in [0.1, 0.15) is 6.79 Å². The van der Waals surface area contributed by atoms with E-state index < -0.39 is 0 Å². The first kappa shape index (κ1) is 20.1. The largest absolute Gasteiger partial charge is 0.493 e. The molecule has 1 N–H and O–H groups in total. The average Bonchev–Trinajstić information content (AvgIpc) is 3.22. The molecule has 0 aliphatic carbocycles. The minimum Gasteiger partial charge on any atom is -0.493 e. The smallest absolute Gasteiger partial charge is 0.256 e. The van der Waals surface area contributed by atoms with Gasteiger partial charge in [-0.25, -0.2) is 0 Å². The molecule has 2 heterocycles. The molecule has 8 heteroatoms. The van der Waals surface area contributed by atoms with E-state index in [1.165, 1.54) is 7.11 Å². The van der Waals surface area contributed by atoms with Gasteiger partial charge in [0.15, 0.2) is 23.0 Å². The molecule has 0 bridgehead atoms. The Kier molecular flexibility index (Phi) is 5.78. The van der Waals surface area contributed by atoms with E-state index in [4.69, 9.17) is 28.4 Å². The van der Waals surface area contributed by atoms with Crippen LogP contribution < -0.4 is 24.5 Å². The number of H-pyrrole nitrogens is 1. The fourth-order valence-corrected chi connectivity index (χ4v) is 3.50. The Morgan fingerprint density at radius 2 is 1.70 bits per heavy atom. The van der Waals surface area contributed by atoms with Crippen molar-refractivity contribution in [3.05, 3.63) is 46.2 Å². The zero-order chi connectivity index (χ0) is 21.1. The molecule has 1 aliphatic heterocycles. The van der Waals surface area contributed by atoms with Crippen LogP contribution in [-0.4, -0.2) is 46.5 Å². The molecule has 158 valence electrons. The second kappa shape index (κ2) is 8.64. The van der Waals surface area contributed by atoms with Gasteiger partial charge in [0.05, 0.1) is 26.2 Å². The van der Waals surface area contributed by atoms with Crippen LogP contribution in [0.4, 0.5) is 0 Å². The lowest BCUT2D eigenvalue weighted by molar-refractivity contribution is -0.0291. The number of methoxy groups -OCH3 is 3. The number of aromatic nitrogens is 1. The van der Waals surface area contributed by atoms with E-state index >= 15 is 0 Å². The Morgan fingerprint density at radius 1 is 0.967 bits per heavy atom. The molecule has 1 aliphatic rings. The zero-order valence-electron chi connectivity index (χ0n) is 17.1. The summed E-state index contributed by atoms with van der Waals surface area (Å²) in [5.41, 5.74) is 2.25. The number of aromatic amines is 1. The molecule has 2 aromatic carbocycles. The molecule has 3 aromatic rings. The highest BCUT2D eigenvalue weighted by Gasteiger charge is 2.19. The Morgan fingerprint density at radius 3 is 2.43 bits per heavy atom. The summed E-state index contributed by atoms with van der Waals surface area (Å²) in [4.78, 5) is 15.8. The van der Waals surface area contributed by atoms with Crippen LogP contribution in [0, 0.1) is 0 Å². The summed E-state index contributed by atoms with van der Waals surface area (Å²) < 4.78 is 32.1. The molecular weight excluding hydrogens is 390 g/mol. The lowest BCUT2D eigenvalue weighted by atomic mass is 9.99. The van der Waals surface area contributed by atoms with Gasteiger partial charge in [0, 0.05) is 18.4 Å². The maximum Gasteiger partial charge on any atom is 0.256 e. The molecule has 0 atom stereocenters. The molecular formula is C22H23NO7. The minimum atomic E-state index is -0.220. The summed E-state index contributed by atoms with van der Waals surface area (Å²) in [5, 5.41) is 1.26. The summed E-state index contributed by atoms with van der Waals surface area (Å²) in [6.07, 6.45) is 0.612. The number of hydrogen-bond donors (Lipinski definition) is 1. The van der Waals surface area contributed by atoms with Gasteiger partial charge in [-0.15, -0.1) is 0 Å². The fraction of sp³-hybridized carbons (Fsp3) is 0.318.